The normalized spacial score (nSPS) is 24.1. The minimum absolute atomic E-state index is 0.139. The number of ether oxygens (including phenoxy) is 1. The third kappa shape index (κ3) is 3.79. The summed E-state index contributed by atoms with van der Waals surface area (Å²) in [6.07, 6.45) is 6.32. The summed E-state index contributed by atoms with van der Waals surface area (Å²) in [5.41, 5.74) is 1.08. The van der Waals surface area contributed by atoms with E-state index in [1.54, 1.807) is 12.1 Å². The van der Waals surface area contributed by atoms with Gasteiger partial charge in [-0.25, -0.2) is 4.39 Å². The number of halogens is 1. The van der Waals surface area contributed by atoms with Gasteiger partial charge in [-0.3, -0.25) is 0 Å². The molecule has 0 radical (unpaired) electrons. The Bertz CT molecular complexity index is 369. The molecule has 0 bridgehead atoms. The minimum Gasteiger partial charge on any atom is -0.375 e. The number of benzene rings is 1. The lowest BCUT2D eigenvalue weighted by atomic mass is 9.92. The van der Waals surface area contributed by atoms with Gasteiger partial charge in [0.05, 0.1) is 6.54 Å². The first kappa shape index (κ1) is 13.5. The Morgan fingerprint density at radius 3 is 2.94 bits per heavy atom. The Kier molecular flexibility index (Phi) is 5.14. The van der Waals surface area contributed by atoms with E-state index in [0.717, 1.165) is 18.5 Å². The van der Waals surface area contributed by atoms with E-state index < -0.39 is 0 Å². The number of quaternary nitrogens is 1. The van der Waals surface area contributed by atoms with Crippen molar-refractivity contribution in [3.05, 3.63) is 35.6 Å². The third-order valence-electron chi connectivity index (χ3n) is 3.85. The number of nitrogens with two attached hydrogens (primary N) is 1. The van der Waals surface area contributed by atoms with E-state index in [0.29, 0.717) is 12.1 Å². The molecule has 1 aromatic carbocycles. The highest BCUT2D eigenvalue weighted by Gasteiger charge is 2.27. The lowest BCUT2D eigenvalue weighted by Gasteiger charge is -2.28. The monoisotopic (exact) mass is 252 g/mol. The third-order valence-corrected chi connectivity index (χ3v) is 3.85. The second-order valence-corrected chi connectivity index (χ2v) is 5.13. The van der Waals surface area contributed by atoms with Gasteiger partial charge in [-0.15, -0.1) is 0 Å². The van der Waals surface area contributed by atoms with Crippen molar-refractivity contribution in [1.82, 2.24) is 0 Å². The largest absolute Gasteiger partial charge is 0.375 e. The van der Waals surface area contributed by atoms with Crippen LogP contribution < -0.4 is 5.32 Å². The van der Waals surface area contributed by atoms with Crippen LogP contribution in [0.15, 0.2) is 24.3 Å². The standard InChI is InChI=1S/C15H22FNO/c1-18-15-8-3-2-7-14(15)17-10-9-12-5-4-6-13(16)11-12/h4-6,11,14-15,17H,2-3,7-10H2,1H3/p+1/t14-,15-/m0/s1. The van der Waals surface area contributed by atoms with Gasteiger partial charge in [0.15, 0.2) is 0 Å². The molecule has 0 heterocycles. The zero-order chi connectivity index (χ0) is 12.8. The molecule has 0 spiro atoms. The predicted octanol–water partition coefficient (Wildman–Crippen LogP) is 1.89. The van der Waals surface area contributed by atoms with E-state index in [4.69, 9.17) is 4.74 Å². The zero-order valence-electron chi connectivity index (χ0n) is 11.1. The van der Waals surface area contributed by atoms with E-state index in [2.05, 4.69) is 5.32 Å². The Balaban J connectivity index is 1.77. The SMILES string of the molecule is CO[C@H]1CCCC[C@@H]1[NH2+]CCc1cccc(F)c1. The van der Waals surface area contributed by atoms with Gasteiger partial charge in [0.25, 0.3) is 0 Å². The topological polar surface area (TPSA) is 25.8 Å². The highest BCUT2D eigenvalue weighted by Crippen LogP contribution is 2.18. The summed E-state index contributed by atoms with van der Waals surface area (Å²) in [6, 6.07) is 7.48. The molecule has 1 saturated carbocycles. The van der Waals surface area contributed by atoms with Gasteiger partial charge < -0.3 is 10.1 Å². The molecule has 0 aromatic heterocycles. The van der Waals surface area contributed by atoms with E-state index >= 15 is 0 Å². The minimum atomic E-state index is -0.139. The molecule has 0 unspecified atom stereocenters. The van der Waals surface area contributed by atoms with E-state index in [-0.39, 0.29) is 5.82 Å². The molecule has 2 rings (SSSR count). The fourth-order valence-corrected chi connectivity index (χ4v) is 2.84. The first-order valence-corrected chi connectivity index (χ1v) is 6.90. The lowest BCUT2D eigenvalue weighted by Crippen LogP contribution is -2.93. The molecule has 2 nitrogen and oxygen atoms in total. The summed E-state index contributed by atoms with van der Waals surface area (Å²) in [6.45, 7) is 1.01. The fraction of sp³-hybridized carbons (Fsp3) is 0.600. The van der Waals surface area contributed by atoms with Gasteiger partial charge in [-0.1, -0.05) is 18.6 Å². The van der Waals surface area contributed by atoms with Crippen LogP contribution in [0, 0.1) is 5.82 Å². The lowest BCUT2D eigenvalue weighted by molar-refractivity contribution is -0.698. The molecule has 1 fully saturated rings. The summed E-state index contributed by atoms with van der Waals surface area (Å²) in [7, 11) is 1.81. The van der Waals surface area contributed by atoms with Crippen molar-refractivity contribution in [3.8, 4) is 0 Å². The molecule has 2 N–H and O–H groups in total. The Morgan fingerprint density at radius 2 is 2.17 bits per heavy atom. The van der Waals surface area contributed by atoms with Gasteiger partial charge in [-0.05, 0) is 30.5 Å². The molecule has 0 aliphatic heterocycles. The molecular weight excluding hydrogens is 229 g/mol. The fourth-order valence-electron chi connectivity index (χ4n) is 2.84. The molecule has 2 atom stereocenters. The number of hydrogen-bond acceptors (Lipinski definition) is 1. The molecule has 1 aromatic rings. The van der Waals surface area contributed by atoms with Crippen LogP contribution in [-0.4, -0.2) is 25.8 Å². The highest BCUT2D eigenvalue weighted by atomic mass is 19.1. The van der Waals surface area contributed by atoms with Crippen LogP contribution >= 0.6 is 0 Å². The van der Waals surface area contributed by atoms with Gasteiger partial charge in [-0.2, -0.15) is 0 Å². The van der Waals surface area contributed by atoms with Gasteiger partial charge in [0, 0.05) is 20.0 Å². The Morgan fingerprint density at radius 1 is 1.33 bits per heavy atom. The van der Waals surface area contributed by atoms with Crippen LogP contribution in [0.25, 0.3) is 0 Å². The van der Waals surface area contributed by atoms with Crippen molar-refractivity contribution < 1.29 is 14.4 Å². The van der Waals surface area contributed by atoms with Crippen molar-refractivity contribution in [2.24, 2.45) is 0 Å². The highest BCUT2D eigenvalue weighted by molar-refractivity contribution is 5.16. The molecule has 3 heteroatoms. The number of rotatable bonds is 5. The smallest absolute Gasteiger partial charge is 0.123 e. The van der Waals surface area contributed by atoms with Gasteiger partial charge in [0.1, 0.15) is 18.0 Å². The van der Waals surface area contributed by atoms with Crippen molar-refractivity contribution in [2.75, 3.05) is 13.7 Å². The first-order valence-electron chi connectivity index (χ1n) is 6.90. The number of methoxy groups -OCH3 is 1. The van der Waals surface area contributed by atoms with Crippen LogP contribution in [0.2, 0.25) is 0 Å². The van der Waals surface area contributed by atoms with Crippen LogP contribution in [0.4, 0.5) is 4.39 Å². The second kappa shape index (κ2) is 6.86. The predicted molar refractivity (Wildman–Crippen MR) is 69.9 cm³/mol. The first-order chi connectivity index (χ1) is 8.79. The molecule has 1 aliphatic carbocycles. The van der Waals surface area contributed by atoms with Crippen molar-refractivity contribution >= 4 is 0 Å². The second-order valence-electron chi connectivity index (χ2n) is 5.13. The van der Waals surface area contributed by atoms with Gasteiger partial charge >= 0.3 is 0 Å². The number of hydrogen-bond donors (Lipinski definition) is 1. The average Bonchev–Trinajstić information content (AvgIpc) is 2.39. The van der Waals surface area contributed by atoms with Gasteiger partial charge in [0.2, 0.25) is 0 Å². The summed E-state index contributed by atoms with van der Waals surface area (Å²) in [5.74, 6) is -0.139. The molecule has 0 amide bonds. The summed E-state index contributed by atoms with van der Waals surface area (Å²) in [4.78, 5) is 0. The summed E-state index contributed by atoms with van der Waals surface area (Å²) in [5, 5.41) is 2.37. The zero-order valence-corrected chi connectivity index (χ0v) is 11.1. The summed E-state index contributed by atoms with van der Waals surface area (Å²) >= 11 is 0. The molecule has 0 saturated heterocycles. The van der Waals surface area contributed by atoms with Crippen LogP contribution in [-0.2, 0) is 11.2 Å². The van der Waals surface area contributed by atoms with E-state index in [1.165, 1.54) is 31.7 Å². The van der Waals surface area contributed by atoms with Crippen molar-refractivity contribution in [3.63, 3.8) is 0 Å². The summed E-state index contributed by atoms with van der Waals surface area (Å²) < 4.78 is 18.6. The molecule has 18 heavy (non-hydrogen) atoms. The van der Waals surface area contributed by atoms with E-state index in [1.807, 2.05) is 13.2 Å². The van der Waals surface area contributed by atoms with Crippen molar-refractivity contribution in [1.29, 1.82) is 0 Å². The van der Waals surface area contributed by atoms with Crippen LogP contribution in [0.1, 0.15) is 31.2 Å². The maximum atomic E-state index is 13.0. The molecule has 1 aliphatic rings. The Labute approximate surface area is 109 Å². The van der Waals surface area contributed by atoms with E-state index in [9.17, 15) is 4.39 Å². The molecular formula is C15H23FNO+. The van der Waals surface area contributed by atoms with Crippen LogP contribution in [0.5, 0.6) is 0 Å². The Hall–Kier alpha value is -0.930. The maximum absolute atomic E-state index is 13.0. The average molecular weight is 252 g/mol. The quantitative estimate of drug-likeness (QED) is 0.851. The van der Waals surface area contributed by atoms with Crippen LogP contribution in [0.3, 0.4) is 0 Å². The molecule has 100 valence electrons. The maximum Gasteiger partial charge on any atom is 0.123 e. The van der Waals surface area contributed by atoms with Crippen molar-refractivity contribution in [2.45, 2.75) is 44.2 Å².